The molecule has 1 aliphatic heterocycles. The third-order valence-corrected chi connectivity index (χ3v) is 2.95. The van der Waals surface area contributed by atoms with E-state index in [9.17, 15) is 4.79 Å². The first kappa shape index (κ1) is 13.3. The van der Waals surface area contributed by atoms with Crippen LogP contribution in [0.5, 0.6) is 0 Å². The van der Waals surface area contributed by atoms with E-state index < -0.39 is 6.10 Å². The Kier molecular flexibility index (Phi) is 5.55. The highest BCUT2D eigenvalue weighted by Gasteiger charge is 2.16. The Hall–Kier alpha value is -0.810. The second kappa shape index (κ2) is 6.70. The Bertz CT molecular complexity index is 213. The van der Waals surface area contributed by atoms with E-state index in [1.165, 1.54) is 0 Å². The Morgan fingerprint density at radius 3 is 2.62 bits per heavy atom. The molecule has 2 amide bonds. The summed E-state index contributed by atoms with van der Waals surface area (Å²) in [6.45, 7) is 4.92. The number of likely N-dealkylation sites (tertiary alicyclic amines) is 1. The second-order valence-electron chi connectivity index (χ2n) is 4.69. The van der Waals surface area contributed by atoms with Crippen LogP contribution in [-0.4, -0.2) is 55.4 Å². The first-order valence-corrected chi connectivity index (χ1v) is 5.96. The summed E-state index contributed by atoms with van der Waals surface area (Å²) >= 11 is 0. The highest BCUT2D eigenvalue weighted by molar-refractivity contribution is 5.73. The molecule has 0 aliphatic carbocycles. The van der Waals surface area contributed by atoms with Gasteiger partial charge in [-0.25, -0.2) is 4.79 Å². The lowest BCUT2D eigenvalue weighted by Gasteiger charge is -2.28. The van der Waals surface area contributed by atoms with Gasteiger partial charge in [-0.1, -0.05) is 0 Å². The first-order chi connectivity index (χ1) is 7.58. The predicted octanol–water partition coefficient (Wildman–Crippen LogP) is 0.00820. The Morgan fingerprint density at radius 2 is 2.06 bits per heavy atom. The maximum Gasteiger partial charge on any atom is 0.314 e. The number of nitrogens with one attached hydrogen (secondary N) is 2. The molecule has 0 aromatic heterocycles. The van der Waals surface area contributed by atoms with E-state index in [0.717, 1.165) is 32.5 Å². The van der Waals surface area contributed by atoms with E-state index in [0.29, 0.717) is 12.5 Å². The lowest BCUT2D eigenvalue weighted by Crippen LogP contribution is -2.42. The average Bonchev–Trinajstić information content (AvgIpc) is 2.25. The number of hydrogen-bond donors (Lipinski definition) is 3. The molecule has 94 valence electrons. The van der Waals surface area contributed by atoms with Gasteiger partial charge in [-0.15, -0.1) is 0 Å². The molecule has 16 heavy (non-hydrogen) atoms. The van der Waals surface area contributed by atoms with E-state index >= 15 is 0 Å². The van der Waals surface area contributed by atoms with Gasteiger partial charge in [0.05, 0.1) is 6.10 Å². The highest BCUT2D eigenvalue weighted by Crippen LogP contribution is 2.14. The fourth-order valence-electron chi connectivity index (χ4n) is 1.81. The van der Waals surface area contributed by atoms with E-state index in [4.69, 9.17) is 5.11 Å². The van der Waals surface area contributed by atoms with Crippen molar-refractivity contribution < 1.29 is 9.90 Å². The molecule has 3 N–H and O–H groups in total. The summed E-state index contributed by atoms with van der Waals surface area (Å²) in [5, 5.41) is 14.5. The average molecular weight is 229 g/mol. The Balaban J connectivity index is 2.07. The summed E-state index contributed by atoms with van der Waals surface area (Å²) in [5.74, 6) is 0.591. The van der Waals surface area contributed by atoms with Gasteiger partial charge in [-0.2, -0.15) is 0 Å². The van der Waals surface area contributed by atoms with Crippen molar-refractivity contribution >= 4 is 6.03 Å². The predicted molar refractivity (Wildman–Crippen MR) is 63.3 cm³/mol. The molecule has 5 heteroatoms. The van der Waals surface area contributed by atoms with Crippen LogP contribution in [0.25, 0.3) is 0 Å². The van der Waals surface area contributed by atoms with Gasteiger partial charge >= 0.3 is 6.03 Å². The van der Waals surface area contributed by atoms with Gasteiger partial charge in [-0.3, -0.25) is 0 Å². The van der Waals surface area contributed by atoms with Gasteiger partial charge in [0, 0.05) is 13.1 Å². The van der Waals surface area contributed by atoms with Crippen LogP contribution >= 0.6 is 0 Å². The van der Waals surface area contributed by atoms with E-state index in [-0.39, 0.29) is 6.03 Å². The van der Waals surface area contributed by atoms with Crippen molar-refractivity contribution in [3.8, 4) is 0 Å². The minimum Gasteiger partial charge on any atom is -0.392 e. The fraction of sp³-hybridized carbons (Fsp3) is 0.909. The molecule has 1 heterocycles. The lowest BCUT2D eigenvalue weighted by molar-refractivity contribution is 0.185. The van der Waals surface area contributed by atoms with Gasteiger partial charge < -0.3 is 20.6 Å². The van der Waals surface area contributed by atoms with Crippen LogP contribution in [0.2, 0.25) is 0 Å². The molecule has 1 fully saturated rings. The zero-order valence-corrected chi connectivity index (χ0v) is 10.2. The fourth-order valence-corrected chi connectivity index (χ4v) is 1.81. The number of carbonyl (C=O) groups excluding carboxylic acids is 1. The van der Waals surface area contributed by atoms with Gasteiger partial charge in [0.1, 0.15) is 0 Å². The summed E-state index contributed by atoms with van der Waals surface area (Å²) in [4.78, 5) is 13.6. The largest absolute Gasteiger partial charge is 0.392 e. The number of urea groups is 1. The van der Waals surface area contributed by atoms with Gasteiger partial charge in [0.15, 0.2) is 0 Å². The maximum absolute atomic E-state index is 11.3. The molecule has 1 aliphatic rings. The van der Waals surface area contributed by atoms with E-state index in [1.807, 2.05) is 0 Å². The van der Waals surface area contributed by atoms with Crippen LogP contribution in [-0.2, 0) is 0 Å². The number of aliphatic hydroxyl groups is 1. The molecule has 0 aromatic rings. The van der Waals surface area contributed by atoms with Crippen molar-refractivity contribution in [2.75, 3.05) is 33.2 Å². The monoisotopic (exact) mass is 229 g/mol. The van der Waals surface area contributed by atoms with Crippen LogP contribution < -0.4 is 10.6 Å². The number of aliphatic hydroxyl groups excluding tert-OH is 1. The molecule has 0 spiro atoms. The van der Waals surface area contributed by atoms with Crippen molar-refractivity contribution in [3.05, 3.63) is 0 Å². The molecule has 0 saturated carbocycles. The number of piperidine rings is 1. The molecular formula is C11H23N3O2. The molecule has 5 nitrogen and oxygen atoms in total. The molecule has 0 bridgehead atoms. The minimum absolute atomic E-state index is 0.181. The number of rotatable bonds is 4. The number of carbonyl (C=O) groups is 1. The molecular weight excluding hydrogens is 206 g/mol. The quantitative estimate of drug-likeness (QED) is 0.636. The molecule has 1 rings (SSSR count). The van der Waals surface area contributed by atoms with Crippen molar-refractivity contribution in [1.29, 1.82) is 0 Å². The van der Waals surface area contributed by atoms with Crippen LogP contribution in [0, 0.1) is 5.92 Å². The molecule has 1 saturated heterocycles. The van der Waals surface area contributed by atoms with Crippen LogP contribution in [0.4, 0.5) is 4.79 Å². The maximum atomic E-state index is 11.3. The topological polar surface area (TPSA) is 64.6 Å². The van der Waals surface area contributed by atoms with Crippen molar-refractivity contribution in [2.45, 2.75) is 25.9 Å². The minimum atomic E-state index is -0.492. The van der Waals surface area contributed by atoms with Gasteiger partial charge in [0.2, 0.25) is 0 Å². The summed E-state index contributed by atoms with van der Waals surface area (Å²) in [7, 11) is 2.12. The standard InChI is InChI=1S/C11H23N3O2/c1-9(15)7-12-11(16)13-8-10-3-5-14(2)6-4-10/h9-10,15H,3-8H2,1-2H3,(H2,12,13,16). The second-order valence-corrected chi connectivity index (χ2v) is 4.69. The Morgan fingerprint density at radius 1 is 1.44 bits per heavy atom. The van der Waals surface area contributed by atoms with Crippen molar-refractivity contribution in [2.24, 2.45) is 5.92 Å². The van der Waals surface area contributed by atoms with Crippen LogP contribution in [0.15, 0.2) is 0 Å². The number of hydrogen-bond acceptors (Lipinski definition) is 3. The third-order valence-electron chi connectivity index (χ3n) is 2.95. The Labute approximate surface area is 97.2 Å². The van der Waals surface area contributed by atoms with Gasteiger partial charge in [-0.05, 0) is 45.8 Å². The molecule has 1 unspecified atom stereocenters. The molecule has 0 radical (unpaired) electrons. The van der Waals surface area contributed by atoms with E-state index in [1.54, 1.807) is 6.92 Å². The van der Waals surface area contributed by atoms with Crippen LogP contribution in [0.3, 0.4) is 0 Å². The lowest BCUT2D eigenvalue weighted by atomic mass is 9.97. The third kappa shape index (κ3) is 5.32. The normalized spacial score (nSPS) is 20.4. The summed E-state index contributed by atoms with van der Waals surface area (Å²) in [6, 6.07) is -0.181. The summed E-state index contributed by atoms with van der Waals surface area (Å²) < 4.78 is 0. The zero-order chi connectivity index (χ0) is 12.0. The van der Waals surface area contributed by atoms with E-state index in [2.05, 4.69) is 22.6 Å². The van der Waals surface area contributed by atoms with Gasteiger partial charge in [0.25, 0.3) is 0 Å². The highest BCUT2D eigenvalue weighted by atomic mass is 16.3. The zero-order valence-electron chi connectivity index (χ0n) is 10.2. The first-order valence-electron chi connectivity index (χ1n) is 5.96. The number of nitrogens with zero attached hydrogens (tertiary/aromatic N) is 1. The van der Waals surface area contributed by atoms with Crippen molar-refractivity contribution in [1.82, 2.24) is 15.5 Å². The smallest absolute Gasteiger partial charge is 0.314 e. The summed E-state index contributed by atoms with van der Waals surface area (Å²) in [6.07, 6.45) is 1.80. The SMILES string of the molecule is CC(O)CNC(=O)NCC1CCN(C)CC1. The van der Waals surface area contributed by atoms with Crippen LogP contribution in [0.1, 0.15) is 19.8 Å². The summed E-state index contributed by atoms with van der Waals surface area (Å²) in [5.41, 5.74) is 0. The van der Waals surface area contributed by atoms with Crippen molar-refractivity contribution in [3.63, 3.8) is 0 Å². The molecule has 1 atom stereocenters. The molecule has 0 aromatic carbocycles. The number of amides is 2.